The molecule has 0 amide bonds. The first-order valence-electron chi connectivity index (χ1n) is 7.24. The number of rotatable bonds is 2. The van der Waals surface area contributed by atoms with Crippen LogP contribution in [0.15, 0.2) is 18.3 Å². The first-order valence-corrected chi connectivity index (χ1v) is 7.24. The van der Waals surface area contributed by atoms with Gasteiger partial charge in [0.25, 0.3) is 0 Å². The van der Waals surface area contributed by atoms with Crippen molar-refractivity contribution in [3.05, 3.63) is 29.6 Å². The monoisotopic (exact) mass is 314 g/mol. The van der Waals surface area contributed by atoms with Gasteiger partial charge in [-0.05, 0) is 32.0 Å². The molecule has 2 saturated heterocycles. The highest BCUT2D eigenvalue weighted by Crippen LogP contribution is 2.36. The third-order valence-electron chi connectivity index (χ3n) is 4.60. The van der Waals surface area contributed by atoms with Crippen molar-refractivity contribution >= 4 is 5.78 Å². The van der Waals surface area contributed by atoms with Crippen molar-refractivity contribution in [2.75, 3.05) is 20.3 Å². The summed E-state index contributed by atoms with van der Waals surface area (Å²) in [4.78, 5) is 18.5. The fourth-order valence-electron chi connectivity index (χ4n) is 3.33. The second kappa shape index (κ2) is 5.62. The summed E-state index contributed by atoms with van der Waals surface area (Å²) in [5, 5.41) is 0. The molecule has 0 aliphatic carbocycles. The van der Waals surface area contributed by atoms with Crippen molar-refractivity contribution in [3.8, 4) is 0 Å². The number of Topliss-reactive ketones (excluding diaryl/α,β-unsaturated/α-hetero) is 1. The van der Waals surface area contributed by atoms with Gasteiger partial charge >= 0.3 is 6.18 Å². The van der Waals surface area contributed by atoms with Crippen LogP contribution >= 0.6 is 0 Å². The molecule has 2 unspecified atom stereocenters. The summed E-state index contributed by atoms with van der Waals surface area (Å²) in [5.74, 6) is -0.927. The van der Waals surface area contributed by atoms with Gasteiger partial charge in [0.05, 0.1) is 18.8 Å². The minimum absolute atomic E-state index is 0.0829. The molecule has 120 valence electrons. The van der Waals surface area contributed by atoms with Gasteiger partial charge in [-0.1, -0.05) is 0 Å². The molecule has 2 aliphatic rings. The van der Waals surface area contributed by atoms with Gasteiger partial charge in [-0.15, -0.1) is 0 Å². The molecule has 3 heterocycles. The number of hydrogen-bond donors (Lipinski definition) is 0. The number of hydrogen-bond acceptors (Lipinski definition) is 4. The number of pyridine rings is 1. The number of halogens is 3. The highest BCUT2D eigenvalue weighted by atomic mass is 19.4. The number of nitrogens with zero attached hydrogens (tertiary/aromatic N) is 2. The Hall–Kier alpha value is -1.47. The van der Waals surface area contributed by atoms with Crippen LogP contribution in [0, 0.1) is 5.92 Å². The summed E-state index contributed by atoms with van der Waals surface area (Å²) in [6.07, 6.45) is -2.30. The molecule has 22 heavy (non-hydrogen) atoms. The summed E-state index contributed by atoms with van der Waals surface area (Å²) < 4.78 is 44.6. The van der Waals surface area contributed by atoms with Gasteiger partial charge in [-0.25, -0.2) is 0 Å². The van der Waals surface area contributed by atoms with Crippen molar-refractivity contribution in [3.63, 3.8) is 0 Å². The fraction of sp³-hybridized carbons (Fsp3) is 0.600. The zero-order valence-electron chi connectivity index (χ0n) is 12.1. The number of ether oxygens (including phenoxy) is 1. The van der Waals surface area contributed by atoms with Gasteiger partial charge in [-0.2, -0.15) is 13.2 Å². The average molecular weight is 314 g/mol. The number of ketones is 1. The summed E-state index contributed by atoms with van der Waals surface area (Å²) in [7, 11) is 1.97. The van der Waals surface area contributed by atoms with Crippen LogP contribution in [0.4, 0.5) is 13.2 Å². The largest absolute Gasteiger partial charge is 0.418 e. The molecule has 2 atom stereocenters. The van der Waals surface area contributed by atoms with Gasteiger partial charge in [0.2, 0.25) is 0 Å². The second-order valence-corrected chi connectivity index (χ2v) is 5.94. The van der Waals surface area contributed by atoms with Crippen LogP contribution in [-0.4, -0.2) is 48.0 Å². The molecule has 0 saturated carbocycles. The van der Waals surface area contributed by atoms with E-state index in [1.54, 1.807) is 0 Å². The van der Waals surface area contributed by atoms with E-state index in [1.165, 1.54) is 12.3 Å². The van der Waals surface area contributed by atoms with Crippen molar-refractivity contribution < 1.29 is 22.7 Å². The Bertz CT molecular complexity index is 562. The van der Waals surface area contributed by atoms with Crippen LogP contribution in [0.2, 0.25) is 0 Å². The number of piperidine rings is 1. The lowest BCUT2D eigenvalue weighted by Crippen LogP contribution is -2.55. The van der Waals surface area contributed by atoms with Gasteiger partial charge in [0.15, 0.2) is 5.78 Å². The summed E-state index contributed by atoms with van der Waals surface area (Å²) in [6.45, 7) is 1.04. The number of carbonyl (C=O) groups is 1. The molecule has 0 spiro atoms. The molecule has 0 radical (unpaired) electrons. The average Bonchev–Trinajstić information content (AvgIpc) is 2.45. The molecule has 0 aromatic carbocycles. The molecular weight excluding hydrogens is 297 g/mol. The number of likely N-dealkylation sites (N-methyl/N-ethyl adjacent to an activating group) is 1. The van der Waals surface area contributed by atoms with Crippen LogP contribution in [0.1, 0.15) is 28.9 Å². The molecule has 1 aromatic rings. The van der Waals surface area contributed by atoms with E-state index in [0.717, 1.165) is 6.07 Å². The predicted octanol–water partition coefficient (Wildman–Crippen LogP) is 2.39. The van der Waals surface area contributed by atoms with E-state index in [-0.39, 0.29) is 12.1 Å². The zero-order valence-corrected chi connectivity index (χ0v) is 12.1. The number of carbonyl (C=O) groups excluding carboxylic acids is 1. The normalized spacial score (nSPS) is 29.4. The van der Waals surface area contributed by atoms with Crippen molar-refractivity contribution in [1.82, 2.24) is 9.88 Å². The van der Waals surface area contributed by atoms with E-state index in [0.29, 0.717) is 26.1 Å². The highest BCUT2D eigenvalue weighted by molar-refractivity contribution is 5.97. The molecule has 7 heteroatoms. The van der Waals surface area contributed by atoms with Gasteiger partial charge in [-0.3, -0.25) is 14.7 Å². The number of morpholine rings is 1. The second-order valence-electron chi connectivity index (χ2n) is 5.94. The molecule has 2 fully saturated rings. The Morgan fingerprint density at radius 1 is 1.32 bits per heavy atom. The summed E-state index contributed by atoms with van der Waals surface area (Å²) in [6, 6.07) is 2.29. The zero-order chi connectivity index (χ0) is 15.9. The van der Waals surface area contributed by atoms with E-state index in [1.807, 2.05) is 7.05 Å². The Morgan fingerprint density at radius 3 is 2.55 bits per heavy atom. The van der Waals surface area contributed by atoms with E-state index in [9.17, 15) is 18.0 Å². The Morgan fingerprint density at radius 2 is 1.95 bits per heavy atom. The lowest BCUT2D eigenvalue weighted by molar-refractivity contribution is -0.138. The van der Waals surface area contributed by atoms with E-state index < -0.39 is 29.1 Å². The highest BCUT2D eigenvalue weighted by Gasteiger charge is 2.42. The molecule has 4 nitrogen and oxygen atoms in total. The SMILES string of the molecule is CN1C2COCC1CC(C(=O)c1ncccc1C(F)(F)F)C2. The first-order chi connectivity index (χ1) is 10.4. The van der Waals surface area contributed by atoms with Crippen LogP contribution in [-0.2, 0) is 10.9 Å². The van der Waals surface area contributed by atoms with Gasteiger partial charge in [0, 0.05) is 24.2 Å². The smallest absolute Gasteiger partial charge is 0.378 e. The van der Waals surface area contributed by atoms with Gasteiger partial charge < -0.3 is 4.74 Å². The molecule has 1 aromatic heterocycles. The quantitative estimate of drug-likeness (QED) is 0.786. The van der Waals surface area contributed by atoms with Crippen LogP contribution in [0.3, 0.4) is 0 Å². The van der Waals surface area contributed by atoms with Crippen molar-refractivity contribution in [1.29, 1.82) is 0 Å². The third kappa shape index (κ3) is 2.75. The standard InChI is InChI=1S/C15H17F3N2O2/c1-20-10-5-9(6-11(20)8-22-7-10)14(21)13-12(15(16,17)18)3-2-4-19-13/h2-4,9-11H,5-8H2,1H3. The van der Waals surface area contributed by atoms with Crippen LogP contribution in [0.5, 0.6) is 0 Å². The number of aromatic nitrogens is 1. The van der Waals surface area contributed by atoms with E-state index in [2.05, 4.69) is 9.88 Å². The van der Waals surface area contributed by atoms with E-state index in [4.69, 9.17) is 4.74 Å². The first kappa shape index (κ1) is 15.4. The van der Waals surface area contributed by atoms with Crippen molar-refractivity contribution in [2.45, 2.75) is 31.1 Å². The third-order valence-corrected chi connectivity index (χ3v) is 4.60. The summed E-state index contributed by atoms with van der Waals surface area (Å²) in [5.41, 5.74) is -1.40. The topological polar surface area (TPSA) is 42.4 Å². The molecule has 2 bridgehead atoms. The predicted molar refractivity (Wildman–Crippen MR) is 72.5 cm³/mol. The van der Waals surface area contributed by atoms with Crippen molar-refractivity contribution in [2.24, 2.45) is 5.92 Å². The number of alkyl halides is 3. The lowest BCUT2D eigenvalue weighted by Gasteiger charge is -2.46. The van der Waals surface area contributed by atoms with Crippen LogP contribution in [0.25, 0.3) is 0 Å². The maximum Gasteiger partial charge on any atom is 0.418 e. The minimum Gasteiger partial charge on any atom is -0.378 e. The molecule has 0 N–H and O–H groups in total. The lowest BCUT2D eigenvalue weighted by atomic mass is 9.81. The molecule has 2 aliphatic heterocycles. The fourth-order valence-corrected chi connectivity index (χ4v) is 3.33. The maximum absolute atomic E-state index is 13.0. The molecular formula is C15H17F3N2O2. The Kier molecular flexibility index (Phi) is 3.94. The van der Waals surface area contributed by atoms with Gasteiger partial charge in [0.1, 0.15) is 5.69 Å². The maximum atomic E-state index is 13.0. The van der Waals surface area contributed by atoms with Crippen LogP contribution < -0.4 is 0 Å². The number of fused-ring (bicyclic) bond motifs is 2. The Balaban J connectivity index is 1.86. The summed E-state index contributed by atoms with van der Waals surface area (Å²) >= 11 is 0. The molecule has 3 rings (SSSR count). The van der Waals surface area contributed by atoms with E-state index >= 15 is 0 Å². The minimum atomic E-state index is -4.57. The Labute approximate surface area is 126 Å².